The van der Waals surface area contributed by atoms with Crippen molar-refractivity contribution in [2.45, 2.75) is 46.0 Å². The lowest BCUT2D eigenvalue weighted by Gasteiger charge is -2.27. The Hall–Kier alpha value is -2.38. The van der Waals surface area contributed by atoms with Crippen molar-refractivity contribution >= 4 is 11.4 Å². The minimum atomic E-state index is -6.05. The second kappa shape index (κ2) is 6.65. The lowest BCUT2D eigenvalue weighted by atomic mass is 9.86. The fourth-order valence-electron chi connectivity index (χ4n) is 2.86. The molecule has 1 atom stereocenters. The van der Waals surface area contributed by atoms with Crippen molar-refractivity contribution in [2.24, 2.45) is 0 Å². The molecule has 0 aliphatic heterocycles. The Morgan fingerprint density at radius 3 is 1.85 bits per heavy atom. The predicted molar refractivity (Wildman–Crippen MR) is 94.5 cm³/mol. The molecule has 0 fully saturated rings. The SMILES string of the molecule is Cc1ccc(-c2c(C(F)C(F)(F)C(F)(F)F)cc(C)c(C)c2N)c(N)c1C. The molecule has 0 aliphatic carbocycles. The van der Waals surface area contributed by atoms with Gasteiger partial charge in [0.2, 0.25) is 0 Å². The molecule has 0 heterocycles. The number of anilines is 2. The summed E-state index contributed by atoms with van der Waals surface area (Å²) in [4.78, 5) is 0. The van der Waals surface area contributed by atoms with Crippen molar-refractivity contribution in [3.63, 3.8) is 0 Å². The highest BCUT2D eigenvalue weighted by Crippen LogP contribution is 2.51. The van der Waals surface area contributed by atoms with E-state index in [2.05, 4.69) is 0 Å². The van der Waals surface area contributed by atoms with Crippen LogP contribution in [0.2, 0.25) is 0 Å². The van der Waals surface area contributed by atoms with Crippen LogP contribution < -0.4 is 11.5 Å². The quantitative estimate of drug-likeness (QED) is 0.502. The maximum Gasteiger partial charge on any atom is 0.456 e. The number of aryl methyl sites for hydroxylation is 2. The molecule has 4 N–H and O–H groups in total. The first kappa shape index (κ1) is 20.9. The predicted octanol–water partition coefficient (Wildman–Crippen LogP) is 5.96. The number of nitrogens with two attached hydrogens (primary N) is 2. The second-order valence-corrected chi connectivity index (χ2v) is 6.65. The monoisotopic (exact) mass is 390 g/mol. The summed E-state index contributed by atoms with van der Waals surface area (Å²) >= 11 is 0. The van der Waals surface area contributed by atoms with E-state index in [1.54, 1.807) is 26.8 Å². The molecule has 0 spiro atoms. The molecule has 0 amide bonds. The molecule has 148 valence electrons. The molecule has 0 saturated carbocycles. The molecule has 0 aliphatic rings. The van der Waals surface area contributed by atoms with E-state index in [9.17, 15) is 26.3 Å². The van der Waals surface area contributed by atoms with Crippen LogP contribution in [0.1, 0.15) is 34.0 Å². The number of hydrogen-bond acceptors (Lipinski definition) is 2. The van der Waals surface area contributed by atoms with E-state index in [0.29, 0.717) is 16.7 Å². The Bertz CT molecular complexity index is 887. The Morgan fingerprint density at radius 1 is 0.815 bits per heavy atom. The normalized spacial score (nSPS) is 13.7. The number of rotatable bonds is 3. The van der Waals surface area contributed by atoms with Crippen LogP contribution in [0.4, 0.5) is 37.7 Å². The third-order valence-electron chi connectivity index (χ3n) is 4.95. The summed E-state index contributed by atoms with van der Waals surface area (Å²) in [6.45, 7) is 6.46. The Kier molecular flexibility index (Phi) is 5.16. The molecule has 2 rings (SSSR count). The minimum Gasteiger partial charge on any atom is -0.398 e. The molecular weight excluding hydrogens is 370 g/mol. The van der Waals surface area contributed by atoms with Gasteiger partial charge in [-0.1, -0.05) is 18.2 Å². The largest absolute Gasteiger partial charge is 0.456 e. The van der Waals surface area contributed by atoms with Crippen LogP contribution in [0.25, 0.3) is 11.1 Å². The van der Waals surface area contributed by atoms with Crippen molar-refractivity contribution in [3.05, 3.63) is 46.0 Å². The molecule has 27 heavy (non-hydrogen) atoms. The third kappa shape index (κ3) is 3.33. The summed E-state index contributed by atoms with van der Waals surface area (Å²) in [5.41, 5.74) is 13.3. The van der Waals surface area contributed by atoms with E-state index in [0.717, 1.165) is 11.6 Å². The van der Waals surface area contributed by atoms with Crippen LogP contribution in [0.3, 0.4) is 0 Å². The van der Waals surface area contributed by atoms with Crippen molar-refractivity contribution in [3.8, 4) is 11.1 Å². The molecule has 0 radical (unpaired) electrons. The summed E-state index contributed by atoms with van der Waals surface area (Å²) in [7, 11) is 0. The lowest BCUT2D eigenvalue weighted by Crippen LogP contribution is -2.40. The van der Waals surface area contributed by atoms with E-state index in [1.807, 2.05) is 0 Å². The van der Waals surface area contributed by atoms with Crippen LogP contribution >= 0.6 is 0 Å². The van der Waals surface area contributed by atoms with Crippen LogP contribution in [0, 0.1) is 27.7 Å². The number of alkyl halides is 6. The van der Waals surface area contributed by atoms with Crippen molar-refractivity contribution < 1.29 is 26.3 Å². The van der Waals surface area contributed by atoms with Gasteiger partial charge in [-0.15, -0.1) is 0 Å². The fraction of sp³-hybridized carbons (Fsp3) is 0.368. The van der Waals surface area contributed by atoms with E-state index in [4.69, 9.17) is 11.5 Å². The maximum atomic E-state index is 14.6. The van der Waals surface area contributed by atoms with Crippen LogP contribution in [0.15, 0.2) is 18.2 Å². The summed E-state index contributed by atoms with van der Waals surface area (Å²) in [5.74, 6) is -5.58. The Labute approximate surface area is 153 Å². The van der Waals surface area contributed by atoms with E-state index >= 15 is 0 Å². The van der Waals surface area contributed by atoms with Crippen LogP contribution in [0.5, 0.6) is 0 Å². The first-order valence-electron chi connectivity index (χ1n) is 8.06. The van der Waals surface area contributed by atoms with Gasteiger partial charge >= 0.3 is 12.1 Å². The lowest BCUT2D eigenvalue weighted by molar-refractivity contribution is -0.305. The topological polar surface area (TPSA) is 52.0 Å². The average Bonchev–Trinajstić information content (AvgIpc) is 2.56. The molecular formula is C19H20F6N2. The van der Waals surface area contributed by atoms with Gasteiger partial charge < -0.3 is 11.5 Å². The molecule has 0 bridgehead atoms. The van der Waals surface area contributed by atoms with Gasteiger partial charge in [0, 0.05) is 28.1 Å². The van der Waals surface area contributed by atoms with Crippen LogP contribution in [-0.2, 0) is 0 Å². The highest BCUT2D eigenvalue weighted by Gasteiger charge is 2.64. The van der Waals surface area contributed by atoms with Crippen molar-refractivity contribution in [1.29, 1.82) is 0 Å². The molecule has 2 aromatic carbocycles. The summed E-state index contributed by atoms with van der Waals surface area (Å²) in [5, 5.41) is 0. The first-order valence-corrected chi connectivity index (χ1v) is 8.06. The molecule has 0 saturated heterocycles. The minimum absolute atomic E-state index is 0.0828. The Morgan fingerprint density at radius 2 is 1.33 bits per heavy atom. The van der Waals surface area contributed by atoms with E-state index < -0.39 is 23.8 Å². The molecule has 0 aromatic heterocycles. The highest BCUT2D eigenvalue weighted by molar-refractivity contribution is 5.90. The van der Waals surface area contributed by atoms with Gasteiger partial charge in [0.05, 0.1) is 0 Å². The smallest absolute Gasteiger partial charge is 0.398 e. The van der Waals surface area contributed by atoms with E-state index in [-0.39, 0.29) is 22.5 Å². The molecule has 1 unspecified atom stereocenters. The summed E-state index contributed by atoms with van der Waals surface area (Å²) in [6.07, 6.45) is -9.68. The molecule has 2 nitrogen and oxygen atoms in total. The Balaban J connectivity index is 2.87. The maximum absolute atomic E-state index is 14.6. The van der Waals surface area contributed by atoms with Crippen molar-refractivity contribution in [1.82, 2.24) is 0 Å². The van der Waals surface area contributed by atoms with Gasteiger partial charge in [-0.2, -0.15) is 22.0 Å². The van der Waals surface area contributed by atoms with Gasteiger partial charge in [0.25, 0.3) is 0 Å². The molecule has 8 heteroatoms. The van der Waals surface area contributed by atoms with Crippen LogP contribution in [-0.4, -0.2) is 12.1 Å². The average molecular weight is 390 g/mol. The number of halogens is 6. The van der Waals surface area contributed by atoms with Gasteiger partial charge in [0.15, 0.2) is 6.17 Å². The zero-order valence-corrected chi connectivity index (χ0v) is 15.2. The van der Waals surface area contributed by atoms with Gasteiger partial charge in [-0.3, -0.25) is 0 Å². The number of hydrogen-bond donors (Lipinski definition) is 2. The number of benzene rings is 2. The summed E-state index contributed by atoms with van der Waals surface area (Å²) < 4.78 is 80.3. The number of nitrogen functional groups attached to an aromatic ring is 2. The van der Waals surface area contributed by atoms with Crippen molar-refractivity contribution in [2.75, 3.05) is 11.5 Å². The third-order valence-corrected chi connectivity index (χ3v) is 4.95. The van der Waals surface area contributed by atoms with E-state index in [1.165, 1.54) is 13.0 Å². The van der Waals surface area contributed by atoms with Gasteiger partial charge in [0.1, 0.15) is 0 Å². The van der Waals surface area contributed by atoms with Gasteiger partial charge in [-0.25, -0.2) is 4.39 Å². The first-order chi connectivity index (χ1) is 12.2. The standard InChI is InChI=1S/C19H20F6N2/c1-8-5-6-12(15(26)10(8)3)14-13(7-9(2)11(4)16(14)27)17(20)18(21,22)19(23,24)25/h5-7,17H,26-27H2,1-4H3. The zero-order chi connectivity index (χ0) is 20.9. The highest BCUT2D eigenvalue weighted by atomic mass is 19.4. The molecule has 2 aromatic rings. The summed E-state index contributed by atoms with van der Waals surface area (Å²) in [6, 6.07) is 4.04. The van der Waals surface area contributed by atoms with Gasteiger partial charge in [-0.05, 0) is 49.9 Å². The second-order valence-electron chi connectivity index (χ2n) is 6.65. The fourth-order valence-corrected chi connectivity index (χ4v) is 2.86. The zero-order valence-electron chi connectivity index (χ0n) is 15.2.